The Bertz CT molecular complexity index is 347. The summed E-state index contributed by atoms with van der Waals surface area (Å²) in [4.78, 5) is 25.7. The SMILES string of the molecule is CCOCC1CCCN(C(=O)CNC(=O)[C@@H](N)C(C)C)C1. The number of amides is 2. The largest absolute Gasteiger partial charge is 0.381 e. The van der Waals surface area contributed by atoms with Gasteiger partial charge in [0.2, 0.25) is 11.8 Å². The molecule has 1 unspecified atom stereocenters. The van der Waals surface area contributed by atoms with E-state index in [9.17, 15) is 9.59 Å². The van der Waals surface area contributed by atoms with Crippen LogP contribution in [0, 0.1) is 11.8 Å². The molecule has 0 bridgehead atoms. The van der Waals surface area contributed by atoms with Gasteiger partial charge in [-0.3, -0.25) is 9.59 Å². The van der Waals surface area contributed by atoms with Gasteiger partial charge in [0.25, 0.3) is 0 Å². The Kier molecular flexibility index (Phi) is 7.67. The van der Waals surface area contributed by atoms with Gasteiger partial charge in [-0.25, -0.2) is 0 Å². The molecule has 1 aliphatic heterocycles. The molecule has 0 aromatic carbocycles. The normalized spacial score (nSPS) is 20.4. The number of piperidine rings is 1. The van der Waals surface area contributed by atoms with E-state index in [2.05, 4.69) is 5.32 Å². The van der Waals surface area contributed by atoms with E-state index in [-0.39, 0.29) is 24.3 Å². The number of nitrogens with two attached hydrogens (primary N) is 1. The number of carbonyl (C=O) groups excluding carboxylic acids is 2. The van der Waals surface area contributed by atoms with Crippen molar-refractivity contribution < 1.29 is 14.3 Å². The van der Waals surface area contributed by atoms with Crippen LogP contribution in [0.1, 0.15) is 33.6 Å². The van der Waals surface area contributed by atoms with Crippen LogP contribution in [-0.2, 0) is 14.3 Å². The van der Waals surface area contributed by atoms with E-state index >= 15 is 0 Å². The zero-order valence-electron chi connectivity index (χ0n) is 13.4. The van der Waals surface area contributed by atoms with E-state index in [0.29, 0.717) is 25.7 Å². The second-order valence-electron chi connectivity index (χ2n) is 6.00. The zero-order chi connectivity index (χ0) is 15.8. The summed E-state index contributed by atoms with van der Waals surface area (Å²) in [5.41, 5.74) is 5.75. The van der Waals surface area contributed by atoms with Crippen molar-refractivity contribution in [1.29, 1.82) is 0 Å². The summed E-state index contributed by atoms with van der Waals surface area (Å²) in [7, 11) is 0. The number of hydrogen-bond donors (Lipinski definition) is 2. The number of nitrogens with one attached hydrogen (secondary N) is 1. The lowest BCUT2D eigenvalue weighted by atomic mass is 9.99. The summed E-state index contributed by atoms with van der Waals surface area (Å²) >= 11 is 0. The number of carbonyl (C=O) groups is 2. The molecule has 0 radical (unpaired) electrons. The van der Waals surface area contributed by atoms with Gasteiger partial charge in [0.05, 0.1) is 19.2 Å². The lowest BCUT2D eigenvalue weighted by Crippen LogP contribution is -2.49. The minimum atomic E-state index is -0.565. The quantitative estimate of drug-likeness (QED) is 0.711. The molecule has 122 valence electrons. The second kappa shape index (κ2) is 9.00. The fraction of sp³-hybridized carbons (Fsp3) is 0.867. The van der Waals surface area contributed by atoms with Crippen molar-refractivity contribution in [3.8, 4) is 0 Å². The minimum Gasteiger partial charge on any atom is -0.381 e. The molecule has 0 spiro atoms. The van der Waals surface area contributed by atoms with Crippen LogP contribution < -0.4 is 11.1 Å². The molecular formula is C15H29N3O3. The molecule has 1 aliphatic rings. The molecule has 6 heteroatoms. The Morgan fingerprint density at radius 1 is 1.43 bits per heavy atom. The fourth-order valence-corrected chi connectivity index (χ4v) is 2.41. The Balaban J connectivity index is 2.36. The zero-order valence-corrected chi connectivity index (χ0v) is 13.4. The molecule has 21 heavy (non-hydrogen) atoms. The molecular weight excluding hydrogens is 270 g/mol. The van der Waals surface area contributed by atoms with Gasteiger partial charge in [0.1, 0.15) is 0 Å². The Labute approximate surface area is 127 Å². The van der Waals surface area contributed by atoms with Gasteiger partial charge in [-0.05, 0) is 31.6 Å². The highest BCUT2D eigenvalue weighted by Crippen LogP contribution is 2.16. The van der Waals surface area contributed by atoms with Crippen LogP contribution in [0.15, 0.2) is 0 Å². The van der Waals surface area contributed by atoms with Crippen molar-refractivity contribution >= 4 is 11.8 Å². The number of ether oxygens (including phenoxy) is 1. The van der Waals surface area contributed by atoms with Gasteiger partial charge in [-0.2, -0.15) is 0 Å². The van der Waals surface area contributed by atoms with Crippen molar-refractivity contribution in [2.75, 3.05) is 32.8 Å². The van der Waals surface area contributed by atoms with Crippen LogP contribution in [0.25, 0.3) is 0 Å². The molecule has 1 fully saturated rings. The predicted octanol–water partition coefficient (Wildman–Crippen LogP) is 0.361. The summed E-state index contributed by atoms with van der Waals surface area (Å²) in [6.07, 6.45) is 2.08. The maximum Gasteiger partial charge on any atom is 0.241 e. The third-order valence-electron chi connectivity index (χ3n) is 3.86. The first kappa shape index (κ1) is 17.9. The highest BCUT2D eigenvalue weighted by atomic mass is 16.5. The van der Waals surface area contributed by atoms with E-state index < -0.39 is 6.04 Å². The summed E-state index contributed by atoms with van der Waals surface area (Å²) in [5.74, 6) is 0.156. The molecule has 3 N–H and O–H groups in total. The van der Waals surface area contributed by atoms with Gasteiger partial charge < -0.3 is 20.7 Å². The van der Waals surface area contributed by atoms with E-state index in [1.165, 1.54) is 0 Å². The van der Waals surface area contributed by atoms with Crippen molar-refractivity contribution in [2.45, 2.75) is 39.7 Å². The molecule has 6 nitrogen and oxygen atoms in total. The Morgan fingerprint density at radius 3 is 2.76 bits per heavy atom. The maximum atomic E-state index is 12.1. The first-order chi connectivity index (χ1) is 9.95. The summed E-state index contributed by atoms with van der Waals surface area (Å²) in [6, 6.07) is -0.565. The minimum absolute atomic E-state index is 0.0284. The van der Waals surface area contributed by atoms with Crippen molar-refractivity contribution in [1.82, 2.24) is 10.2 Å². The first-order valence-corrected chi connectivity index (χ1v) is 7.84. The lowest BCUT2D eigenvalue weighted by molar-refractivity contribution is -0.135. The molecule has 2 atom stereocenters. The van der Waals surface area contributed by atoms with Crippen LogP contribution >= 0.6 is 0 Å². The lowest BCUT2D eigenvalue weighted by Gasteiger charge is -2.32. The summed E-state index contributed by atoms with van der Waals surface area (Å²) < 4.78 is 5.43. The van der Waals surface area contributed by atoms with Gasteiger partial charge in [0.15, 0.2) is 0 Å². The molecule has 2 amide bonds. The van der Waals surface area contributed by atoms with E-state index in [4.69, 9.17) is 10.5 Å². The third kappa shape index (κ3) is 6.01. The highest BCUT2D eigenvalue weighted by molar-refractivity contribution is 5.87. The molecule has 1 saturated heterocycles. The molecule has 0 saturated carbocycles. The van der Waals surface area contributed by atoms with Crippen LogP contribution in [0.2, 0.25) is 0 Å². The average Bonchev–Trinajstić information content (AvgIpc) is 2.49. The molecule has 0 aromatic heterocycles. The molecule has 0 aliphatic carbocycles. The second-order valence-corrected chi connectivity index (χ2v) is 6.00. The van der Waals surface area contributed by atoms with Crippen molar-refractivity contribution in [2.24, 2.45) is 17.6 Å². The van der Waals surface area contributed by atoms with Crippen LogP contribution in [-0.4, -0.2) is 55.6 Å². The van der Waals surface area contributed by atoms with Crippen molar-refractivity contribution in [3.05, 3.63) is 0 Å². The van der Waals surface area contributed by atoms with Gasteiger partial charge in [-0.15, -0.1) is 0 Å². The Morgan fingerprint density at radius 2 is 2.14 bits per heavy atom. The van der Waals surface area contributed by atoms with E-state index in [1.54, 1.807) is 0 Å². The topological polar surface area (TPSA) is 84.7 Å². The summed E-state index contributed by atoms with van der Waals surface area (Å²) in [5, 5.41) is 2.63. The monoisotopic (exact) mass is 299 g/mol. The van der Waals surface area contributed by atoms with Crippen LogP contribution in [0.3, 0.4) is 0 Å². The number of likely N-dealkylation sites (tertiary alicyclic amines) is 1. The fourth-order valence-electron chi connectivity index (χ4n) is 2.41. The van der Waals surface area contributed by atoms with Crippen LogP contribution in [0.4, 0.5) is 0 Å². The smallest absolute Gasteiger partial charge is 0.241 e. The van der Waals surface area contributed by atoms with E-state index in [1.807, 2.05) is 25.7 Å². The predicted molar refractivity (Wildman–Crippen MR) is 81.6 cm³/mol. The maximum absolute atomic E-state index is 12.1. The number of hydrogen-bond acceptors (Lipinski definition) is 4. The molecule has 1 heterocycles. The standard InChI is InChI=1S/C15H29N3O3/c1-4-21-10-12-6-5-7-18(9-12)13(19)8-17-15(20)14(16)11(2)3/h11-12,14H,4-10,16H2,1-3H3,(H,17,20)/t12?,14-/m0/s1. The van der Waals surface area contributed by atoms with Gasteiger partial charge >= 0.3 is 0 Å². The third-order valence-corrected chi connectivity index (χ3v) is 3.86. The molecule has 1 rings (SSSR count). The number of rotatable bonds is 7. The summed E-state index contributed by atoms with van der Waals surface area (Å²) in [6.45, 7) is 8.64. The Hall–Kier alpha value is -1.14. The van der Waals surface area contributed by atoms with Crippen LogP contribution in [0.5, 0.6) is 0 Å². The number of nitrogens with zero attached hydrogens (tertiary/aromatic N) is 1. The van der Waals surface area contributed by atoms with Crippen molar-refractivity contribution in [3.63, 3.8) is 0 Å². The highest BCUT2D eigenvalue weighted by Gasteiger charge is 2.24. The average molecular weight is 299 g/mol. The van der Waals surface area contributed by atoms with Gasteiger partial charge in [0, 0.05) is 19.7 Å². The van der Waals surface area contributed by atoms with E-state index in [0.717, 1.165) is 19.4 Å². The molecule has 0 aromatic rings. The first-order valence-electron chi connectivity index (χ1n) is 7.84. The van der Waals surface area contributed by atoms with Gasteiger partial charge in [-0.1, -0.05) is 13.8 Å².